The third-order valence-corrected chi connectivity index (χ3v) is 6.95. The smallest absolute Gasteiger partial charge is 0.241 e. The fourth-order valence-electron chi connectivity index (χ4n) is 3.36. The molecular weight excluding hydrogens is 416 g/mol. The molecule has 0 aromatic heterocycles. The van der Waals surface area contributed by atoms with E-state index in [0.29, 0.717) is 23.1 Å². The van der Waals surface area contributed by atoms with Crippen LogP contribution in [0.4, 0.5) is 5.69 Å². The van der Waals surface area contributed by atoms with Crippen LogP contribution in [0.25, 0.3) is 0 Å². The van der Waals surface area contributed by atoms with Gasteiger partial charge in [0.15, 0.2) is 0 Å². The molecule has 0 saturated heterocycles. The van der Waals surface area contributed by atoms with Crippen molar-refractivity contribution in [3.63, 3.8) is 0 Å². The Balaban J connectivity index is 1.83. The zero-order valence-corrected chi connectivity index (χ0v) is 17.1. The molecule has 0 spiro atoms. The minimum absolute atomic E-state index is 0.0263. The van der Waals surface area contributed by atoms with Crippen molar-refractivity contribution in [1.82, 2.24) is 4.72 Å². The lowest BCUT2D eigenvalue weighted by molar-refractivity contribution is -0.116. The summed E-state index contributed by atoms with van der Waals surface area (Å²) in [6.45, 7) is 3.77. The number of sulfonamides is 1. The number of hydrogen-bond donors (Lipinski definition) is 1. The first kappa shape index (κ1) is 19.1. The van der Waals surface area contributed by atoms with Crippen molar-refractivity contribution in [3.8, 4) is 0 Å². The van der Waals surface area contributed by atoms with Gasteiger partial charge in [-0.2, -0.15) is 0 Å². The summed E-state index contributed by atoms with van der Waals surface area (Å²) >= 11 is 3.38. The van der Waals surface area contributed by atoms with E-state index in [0.717, 1.165) is 17.5 Å². The van der Waals surface area contributed by atoms with Gasteiger partial charge in [-0.3, -0.25) is 4.79 Å². The number of rotatable bonds is 5. The Kier molecular flexibility index (Phi) is 5.50. The maximum atomic E-state index is 12.8. The summed E-state index contributed by atoms with van der Waals surface area (Å²) in [7, 11) is -3.68. The number of nitrogens with one attached hydrogen (secondary N) is 1. The van der Waals surface area contributed by atoms with Gasteiger partial charge in [-0.1, -0.05) is 30.3 Å². The van der Waals surface area contributed by atoms with Gasteiger partial charge in [-0.15, -0.1) is 0 Å². The molecular formula is C19H21BrN2O3S. The standard InChI is InChI=1S/C19H21BrN2O3S/c1-13-10-16-11-17(20)19(12-18(16)22(13)14(2)23)26(24,25)21-9-8-15-6-4-3-5-7-15/h3-7,11-13,21H,8-10H2,1-2H3/t13-/m1/s1. The predicted octanol–water partition coefficient (Wildman–Crippen LogP) is 3.27. The number of carbonyl (C=O) groups is 1. The quantitative estimate of drug-likeness (QED) is 0.781. The summed E-state index contributed by atoms with van der Waals surface area (Å²) in [5, 5.41) is 0. The number of nitrogens with zero attached hydrogens (tertiary/aromatic N) is 1. The summed E-state index contributed by atoms with van der Waals surface area (Å²) in [5.41, 5.74) is 2.72. The topological polar surface area (TPSA) is 66.5 Å². The van der Waals surface area contributed by atoms with E-state index in [1.54, 1.807) is 17.0 Å². The van der Waals surface area contributed by atoms with Gasteiger partial charge in [0, 0.05) is 29.7 Å². The van der Waals surface area contributed by atoms with Crippen LogP contribution in [0.3, 0.4) is 0 Å². The van der Waals surface area contributed by atoms with Gasteiger partial charge in [0.25, 0.3) is 0 Å². The number of hydrogen-bond acceptors (Lipinski definition) is 3. The molecule has 1 atom stereocenters. The van der Waals surface area contributed by atoms with E-state index in [1.165, 1.54) is 6.92 Å². The van der Waals surface area contributed by atoms with Gasteiger partial charge in [0.05, 0.1) is 4.90 Å². The zero-order valence-electron chi connectivity index (χ0n) is 14.7. The third kappa shape index (κ3) is 3.84. The molecule has 0 unspecified atom stereocenters. The highest BCUT2D eigenvalue weighted by molar-refractivity contribution is 9.10. The first-order valence-electron chi connectivity index (χ1n) is 8.45. The number of fused-ring (bicyclic) bond motifs is 1. The van der Waals surface area contributed by atoms with Crippen molar-refractivity contribution in [2.45, 2.75) is 37.6 Å². The number of anilines is 1. The SMILES string of the molecule is CC(=O)N1c2cc(S(=O)(=O)NCCc3ccccc3)c(Br)cc2C[C@H]1C. The van der Waals surface area contributed by atoms with Crippen molar-refractivity contribution in [2.24, 2.45) is 0 Å². The Bertz CT molecular complexity index is 929. The van der Waals surface area contributed by atoms with Gasteiger partial charge in [-0.05, 0) is 59.0 Å². The maximum absolute atomic E-state index is 12.8. The lowest BCUT2D eigenvalue weighted by Crippen LogP contribution is -2.33. The van der Waals surface area contributed by atoms with Crippen LogP contribution in [0, 0.1) is 0 Å². The van der Waals surface area contributed by atoms with Crippen molar-refractivity contribution in [2.75, 3.05) is 11.4 Å². The molecule has 3 rings (SSSR count). The Morgan fingerprint density at radius 3 is 2.62 bits per heavy atom. The summed E-state index contributed by atoms with van der Waals surface area (Å²) in [6, 6.07) is 13.1. The molecule has 1 amide bonds. The molecule has 26 heavy (non-hydrogen) atoms. The summed E-state index contributed by atoms with van der Waals surface area (Å²) in [5.74, 6) is -0.0843. The van der Waals surface area contributed by atoms with Gasteiger partial charge in [0.2, 0.25) is 15.9 Å². The Labute approximate surface area is 162 Å². The molecule has 0 aliphatic carbocycles. The second-order valence-corrected chi connectivity index (χ2v) is 9.08. The maximum Gasteiger partial charge on any atom is 0.241 e. The largest absolute Gasteiger partial charge is 0.309 e. The van der Waals surface area contributed by atoms with E-state index in [1.807, 2.05) is 37.3 Å². The second-order valence-electron chi connectivity index (χ2n) is 6.49. The summed E-state index contributed by atoms with van der Waals surface area (Å²) in [6.07, 6.45) is 1.33. The molecule has 0 fully saturated rings. The first-order chi connectivity index (χ1) is 12.3. The molecule has 0 radical (unpaired) electrons. The third-order valence-electron chi connectivity index (χ3n) is 4.53. The molecule has 5 nitrogen and oxygen atoms in total. The molecule has 0 saturated carbocycles. The highest BCUT2D eigenvalue weighted by Crippen LogP contribution is 2.37. The van der Waals surface area contributed by atoms with E-state index >= 15 is 0 Å². The van der Waals surface area contributed by atoms with E-state index in [9.17, 15) is 13.2 Å². The van der Waals surface area contributed by atoms with Crippen molar-refractivity contribution in [3.05, 3.63) is 58.1 Å². The number of amides is 1. The van der Waals surface area contributed by atoms with Crippen LogP contribution in [-0.2, 0) is 27.7 Å². The van der Waals surface area contributed by atoms with Gasteiger partial charge < -0.3 is 4.90 Å². The van der Waals surface area contributed by atoms with E-state index in [4.69, 9.17) is 0 Å². The van der Waals surface area contributed by atoms with Crippen LogP contribution in [-0.4, -0.2) is 26.9 Å². The van der Waals surface area contributed by atoms with Crippen LogP contribution in [0.15, 0.2) is 51.8 Å². The molecule has 7 heteroatoms. The Hall–Kier alpha value is -1.70. The van der Waals surface area contributed by atoms with E-state index < -0.39 is 10.0 Å². The molecule has 2 aromatic rings. The summed E-state index contributed by atoms with van der Waals surface area (Å²) < 4.78 is 28.7. The summed E-state index contributed by atoms with van der Waals surface area (Å²) in [4.78, 5) is 13.8. The lowest BCUT2D eigenvalue weighted by Gasteiger charge is -2.21. The molecule has 1 aliphatic rings. The number of halogens is 1. The number of carbonyl (C=O) groups excluding carboxylic acids is 1. The molecule has 0 bridgehead atoms. The van der Waals surface area contributed by atoms with Crippen LogP contribution >= 0.6 is 15.9 Å². The van der Waals surface area contributed by atoms with E-state index in [2.05, 4.69) is 20.7 Å². The van der Waals surface area contributed by atoms with Crippen LogP contribution in [0.2, 0.25) is 0 Å². The Morgan fingerprint density at radius 2 is 1.96 bits per heavy atom. The van der Waals surface area contributed by atoms with Gasteiger partial charge in [-0.25, -0.2) is 13.1 Å². The minimum Gasteiger partial charge on any atom is -0.309 e. The molecule has 138 valence electrons. The van der Waals surface area contributed by atoms with Crippen LogP contribution in [0.5, 0.6) is 0 Å². The van der Waals surface area contributed by atoms with Crippen molar-refractivity contribution < 1.29 is 13.2 Å². The average molecular weight is 437 g/mol. The van der Waals surface area contributed by atoms with Gasteiger partial charge >= 0.3 is 0 Å². The fraction of sp³-hybridized carbons (Fsp3) is 0.316. The molecule has 1 heterocycles. The highest BCUT2D eigenvalue weighted by atomic mass is 79.9. The predicted molar refractivity (Wildman–Crippen MR) is 106 cm³/mol. The van der Waals surface area contributed by atoms with Crippen molar-refractivity contribution in [1.29, 1.82) is 0 Å². The monoisotopic (exact) mass is 436 g/mol. The molecule has 2 aromatic carbocycles. The van der Waals surface area contributed by atoms with Crippen LogP contribution < -0.4 is 9.62 Å². The molecule has 1 N–H and O–H groups in total. The normalized spacial score (nSPS) is 16.6. The van der Waals surface area contributed by atoms with E-state index in [-0.39, 0.29) is 16.8 Å². The lowest BCUT2D eigenvalue weighted by atomic mass is 10.1. The zero-order chi connectivity index (χ0) is 18.9. The minimum atomic E-state index is -3.68. The van der Waals surface area contributed by atoms with Crippen LogP contribution in [0.1, 0.15) is 25.0 Å². The van der Waals surface area contributed by atoms with Crippen molar-refractivity contribution >= 4 is 37.5 Å². The second kappa shape index (κ2) is 7.50. The number of benzene rings is 2. The fourth-order valence-corrected chi connectivity index (χ4v) is 5.50. The Morgan fingerprint density at radius 1 is 1.27 bits per heavy atom. The molecule has 1 aliphatic heterocycles. The average Bonchev–Trinajstić information content (AvgIpc) is 2.89. The first-order valence-corrected chi connectivity index (χ1v) is 10.7. The highest BCUT2D eigenvalue weighted by Gasteiger charge is 2.31. The van der Waals surface area contributed by atoms with Gasteiger partial charge in [0.1, 0.15) is 0 Å².